The molecule has 0 fully saturated rings. The van der Waals surface area contributed by atoms with Gasteiger partial charge in [-0.1, -0.05) is 12.1 Å². The fraction of sp³-hybridized carbons (Fsp3) is 0.333. The number of rotatable bonds is 5. The Hall–Kier alpha value is -2.08. The molecule has 0 aliphatic heterocycles. The van der Waals surface area contributed by atoms with Crippen molar-refractivity contribution in [1.82, 2.24) is 10.2 Å². The zero-order chi connectivity index (χ0) is 13.7. The van der Waals surface area contributed by atoms with Gasteiger partial charge in [-0.25, -0.2) is 4.79 Å². The number of nitrogens with zero attached hydrogens (tertiary/aromatic N) is 1. The van der Waals surface area contributed by atoms with Crippen LogP contribution in [0.4, 0.5) is 5.69 Å². The molecule has 0 heterocycles. The van der Waals surface area contributed by atoms with E-state index in [1.165, 1.54) is 0 Å². The van der Waals surface area contributed by atoms with E-state index in [4.69, 9.17) is 10.8 Å². The van der Waals surface area contributed by atoms with Gasteiger partial charge in [0.1, 0.15) is 0 Å². The van der Waals surface area contributed by atoms with Crippen molar-refractivity contribution in [2.24, 2.45) is 0 Å². The zero-order valence-corrected chi connectivity index (χ0v) is 10.4. The van der Waals surface area contributed by atoms with Gasteiger partial charge >= 0.3 is 5.97 Å². The van der Waals surface area contributed by atoms with E-state index in [9.17, 15) is 9.59 Å². The number of likely N-dealkylation sites (N-methyl/N-ethyl adjacent to an activating group) is 2. The molecule has 6 nitrogen and oxygen atoms in total. The fourth-order valence-electron chi connectivity index (χ4n) is 1.68. The summed E-state index contributed by atoms with van der Waals surface area (Å²) in [5, 5.41) is 11.6. The topological polar surface area (TPSA) is 95.7 Å². The van der Waals surface area contributed by atoms with E-state index in [2.05, 4.69) is 5.32 Å². The molecule has 0 aliphatic rings. The van der Waals surface area contributed by atoms with Crippen molar-refractivity contribution in [1.29, 1.82) is 0 Å². The highest BCUT2D eigenvalue weighted by molar-refractivity contribution is 5.95. The van der Waals surface area contributed by atoms with Crippen molar-refractivity contribution in [2.45, 2.75) is 6.54 Å². The number of nitrogens with one attached hydrogen (secondary N) is 1. The van der Waals surface area contributed by atoms with Crippen LogP contribution < -0.4 is 11.1 Å². The third-order valence-corrected chi connectivity index (χ3v) is 2.53. The fourth-order valence-corrected chi connectivity index (χ4v) is 1.68. The van der Waals surface area contributed by atoms with Gasteiger partial charge in [-0.05, 0) is 18.7 Å². The van der Waals surface area contributed by atoms with Crippen LogP contribution in [0.1, 0.15) is 15.9 Å². The van der Waals surface area contributed by atoms with Gasteiger partial charge < -0.3 is 16.2 Å². The van der Waals surface area contributed by atoms with Gasteiger partial charge in [-0.3, -0.25) is 9.69 Å². The van der Waals surface area contributed by atoms with E-state index >= 15 is 0 Å². The number of benzene rings is 1. The van der Waals surface area contributed by atoms with Crippen LogP contribution in [0.2, 0.25) is 0 Å². The highest BCUT2D eigenvalue weighted by Crippen LogP contribution is 2.18. The van der Waals surface area contributed by atoms with E-state index in [0.29, 0.717) is 12.1 Å². The lowest BCUT2D eigenvalue weighted by Crippen LogP contribution is -2.33. The summed E-state index contributed by atoms with van der Waals surface area (Å²) in [5.41, 5.74) is 6.57. The summed E-state index contributed by atoms with van der Waals surface area (Å²) in [6, 6.07) is 4.94. The van der Waals surface area contributed by atoms with Crippen molar-refractivity contribution < 1.29 is 14.7 Å². The standard InChI is InChI=1S/C12H17N3O3/c1-14-10(16)7-15(2)6-8-4-3-5-9(13)11(8)12(17)18/h3-5H,6-7,13H2,1-2H3,(H,14,16)(H,17,18). The molecule has 0 saturated carbocycles. The van der Waals surface area contributed by atoms with E-state index < -0.39 is 5.97 Å². The predicted molar refractivity (Wildman–Crippen MR) is 68.2 cm³/mol. The van der Waals surface area contributed by atoms with Gasteiger partial charge in [-0.15, -0.1) is 0 Å². The van der Waals surface area contributed by atoms with E-state index in [-0.39, 0.29) is 23.7 Å². The molecule has 4 N–H and O–H groups in total. The van der Waals surface area contributed by atoms with Crippen molar-refractivity contribution in [3.63, 3.8) is 0 Å². The van der Waals surface area contributed by atoms with Crippen LogP contribution in [-0.2, 0) is 11.3 Å². The molecule has 1 aromatic rings. The molecule has 0 saturated heterocycles. The summed E-state index contributed by atoms with van der Waals surface area (Å²) in [7, 11) is 3.30. The summed E-state index contributed by atoms with van der Waals surface area (Å²) in [4.78, 5) is 24.1. The maximum atomic E-state index is 11.2. The van der Waals surface area contributed by atoms with Crippen LogP contribution in [0.15, 0.2) is 18.2 Å². The largest absolute Gasteiger partial charge is 0.478 e. The smallest absolute Gasteiger partial charge is 0.338 e. The number of nitrogen functional groups attached to an aromatic ring is 1. The molecule has 0 bridgehead atoms. The summed E-state index contributed by atoms with van der Waals surface area (Å²) in [6.07, 6.45) is 0. The summed E-state index contributed by atoms with van der Waals surface area (Å²) in [5.74, 6) is -1.19. The third kappa shape index (κ3) is 3.46. The van der Waals surface area contributed by atoms with Gasteiger partial charge in [0.15, 0.2) is 0 Å². The van der Waals surface area contributed by atoms with Crippen molar-refractivity contribution >= 4 is 17.6 Å². The highest BCUT2D eigenvalue weighted by Gasteiger charge is 2.15. The average molecular weight is 251 g/mol. The van der Waals surface area contributed by atoms with Gasteiger partial charge in [0.2, 0.25) is 5.91 Å². The number of carboxylic acid groups (broad SMARTS) is 1. The maximum Gasteiger partial charge on any atom is 0.338 e. The quantitative estimate of drug-likeness (QED) is 0.647. The van der Waals surface area contributed by atoms with Gasteiger partial charge in [-0.2, -0.15) is 0 Å². The molecule has 0 unspecified atom stereocenters. The van der Waals surface area contributed by atoms with E-state index in [1.807, 2.05) is 0 Å². The second-order valence-electron chi connectivity index (χ2n) is 4.03. The molecule has 0 aliphatic carbocycles. The second kappa shape index (κ2) is 6.02. The lowest BCUT2D eigenvalue weighted by molar-refractivity contribution is -0.121. The molecule has 1 aromatic carbocycles. The lowest BCUT2D eigenvalue weighted by Gasteiger charge is -2.17. The van der Waals surface area contributed by atoms with Crippen molar-refractivity contribution in [2.75, 3.05) is 26.4 Å². The van der Waals surface area contributed by atoms with Gasteiger partial charge in [0.25, 0.3) is 0 Å². The first-order chi connectivity index (χ1) is 8.45. The van der Waals surface area contributed by atoms with Crippen LogP contribution >= 0.6 is 0 Å². The third-order valence-electron chi connectivity index (χ3n) is 2.53. The first-order valence-electron chi connectivity index (χ1n) is 5.45. The minimum absolute atomic E-state index is 0.0984. The number of amides is 1. The summed E-state index contributed by atoms with van der Waals surface area (Å²) < 4.78 is 0. The Morgan fingerprint density at radius 1 is 1.44 bits per heavy atom. The molecule has 1 rings (SSSR count). The molecule has 0 radical (unpaired) electrons. The minimum atomic E-state index is -1.06. The SMILES string of the molecule is CNC(=O)CN(C)Cc1cccc(N)c1C(=O)O. The van der Waals surface area contributed by atoms with Crippen molar-refractivity contribution in [3.05, 3.63) is 29.3 Å². The van der Waals surface area contributed by atoms with Crippen LogP contribution in [0.25, 0.3) is 0 Å². The number of aromatic carboxylic acids is 1. The zero-order valence-electron chi connectivity index (χ0n) is 10.4. The molecule has 18 heavy (non-hydrogen) atoms. The normalized spacial score (nSPS) is 10.4. The number of carbonyl (C=O) groups excluding carboxylic acids is 1. The maximum absolute atomic E-state index is 11.2. The minimum Gasteiger partial charge on any atom is -0.478 e. The Morgan fingerprint density at radius 3 is 2.67 bits per heavy atom. The first kappa shape index (κ1) is 14.0. The lowest BCUT2D eigenvalue weighted by atomic mass is 10.1. The molecule has 0 spiro atoms. The molecular formula is C12H17N3O3. The highest BCUT2D eigenvalue weighted by atomic mass is 16.4. The monoisotopic (exact) mass is 251 g/mol. The van der Waals surface area contributed by atoms with Crippen LogP contribution in [-0.4, -0.2) is 42.5 Å². The molecule has 0 aromatic heterocycles. The Kier molecular flexibility index (Phi) is 4.67. The number of carboxylic acids is 1. The predicted octanol–water partition coefficient (Wildman–Crippen LogP) is 0.145. The number of hydrogen-bond donors (Lipinski definition) is 3. The average Bonchev–Trinajstić information content (AvgIpc) is 2.28. The Balaban J connectivity index is 2.87. The Bertz CT molecular complexity index is 460. The van der Waals surface area contributed by atoms with Crippen LogP contribution in [0.5, 0.6) is 0 Å². The molecule has 1 amide bonds. The van der Waals surface area contributed by atoms with Crippen LogP contribution in [0, 0.1) is 0 Å². The van der Waals surface area contributed by atoms with Gasteiger partial charge in [0.05, 0.1) is 12.1 Å². The summed E-state index contributed by atoms with van der Waals surface area (Å²) in [6.45, 7) is 0.546. The number of nitrogens with two attached hydrogens (primary N) is 1. The summed E-state index contributed by atoms with van der Waals surface area (Å²) >= 11 is 0. The van der Waals surface area contributed by atoms with E-state index in [0.717, 1.165) is 0 Å². The van der Waals surface area contributed by atoms with Crippen LogP contribution in [0.3, 0.4) is 0 Å². The van der Waals surface area contributed by atoms with Crippen molar-refractivity contribution in [3.8, 4) is 0 Å². The molecule has 6 heteroatoms. The molecular weight excluding hydrogens is 234 g/mol. The number of anilines is 1. The number of hydrogen-bond acceptors (Lipinski definition) is 4. The van der Waals surface area contributed by atoms with Gasteiger partial charge in [0, 0.05) is 19.3 Å². The van der Waals surface area contributed by atoms with E-state index in [1.54, 1.807) is 37.2 Å². The molecule has 0 atom stereocenters. The Morgan fingerprint density at radius 2 is 2.11 bits per heavy atom. The second-order valence-corrected chi connectivity index (χ2v) is 4.03. The molecule has 98 valence electrons. The Labute approximate surface area is 105 Å². The first-order valence-corrected chi connectivity index (χ1v) is 5.45. The number of carbonyl (C=O) groups is 2.